The molecule has 0 amide bonds. The highest BCUT2D eigenvalue weighted by atomic mass is 32.1. The van der Waals surface area contributed by atoms with Crippen molar-refractivity contribution >= 4 is 17.2 Å². The van der Waals surface area contributed by atoms with Crippen LogP contribution >= 0.6 is 11.3 Å². The number of aromatic nitrogens is 2. The van der Waals surface area contributed by atoms with E-state index in [1.165, 1.54) is 6.42 Å². The van der Waals surface area contributed by atoms with Crippen LogP contribution in [0.3, 0.4) is 0 Å². The van der Waals surface area contributed by atoms with Gasteiger partial charge in [0.1, 0.15) is 0 Å². The molecule has 0 radical (unpaired) electrons. The largest absolute Gasteiger partial charge is 0.349 e. The van der Waals surface area contributed by atoms with Crippen molar-refractivity contribution in [3.05, 3.63) is 29.0 Å². The molecule has 4 rings (SSSR count). The molecular formula is C13H14N4S. The number of piperazine rings is 1. The number of fused-ring (bicyclic) bond motifs is 2. The molecule has 4 heterocycles. The average Bonchev–Trinajstić information content (AvgIpc) is 3.16. The Labute approximate surface area is 110 Å². The zero-order valence-electron chi connectivity index (χ0n) is 9.91. The summed E-state index contributed by atoms with van der Waals surface area (Å²) in [5, 5.41) is 16.4. The zero-order valence-corrected chi connectivity index (χ0v) is 10.7. The van der Waals surface area contributed by atoms with Gasteiger partial charge in [0.2, 0.25) is 0 Å². The van der Waals surface area contributed by atoms with Crippen molar-refractivity contribution < 1.29 is 0 Å². The van der Waals surface area contributed by atoms with Crippen molar-refractivity contribution in [1.29, 1.82) is 0 Å². The molecule has 0 aliphatic carbocycles. The molecule has 0 aromatic carbocycles. The van der Waals surface area contributed by atoms with Gasteiger partial charge in [0, 0.05) is 36.1 Å². The normalized spacial score (nSPS) is 25.9. The lowest BCUT2D eigenvalue weighted by molar-refractivity contribution is 0.574. The maximum Gasteiger partial charge on any atom is 0.151 e. The van der Waals surface area contributed by atoms with E-state index in [-0.39, 0.29) is 0 Å². The predicted octanol–water partition coefficient (Wildman–Crippen LogP) is 1.76. The van der Waals surface area contributed by atoms with Crippen LogP contribution in [0.4, 0.5) is 5.82 Å². The highest BCUT2D eigenvalue weighted by molar-refractivity contribution is 7.08. The van der Waals surface area contributed by atoms with Crippen LogP contribution in [0.5, 0.6) is 0 Å². The lowest BCUT2D eigenvalue weighted by Crippen LogP contribution is -2.44. The first-order chi connectivity index (χ1) is 8.90. The van der Waals surface area contributed by atoms with Gasteiger partial charge in [0.05, 0.1) is 5.69 Å². The van der Waals surface area contributed by atoms with E-state index in [1.807, 2.05) is 0 Å². The summed E-state index contributed by atoms with van der Waals surface area (Å²) in [6, 6.07) is 7.50. The molecule has 0 saturated carbocycles. The first-order valence-corrected chi connectivity index (χ1v) is 7.21. The summed E-state index contributed by atoms with van der Waals surface area (Å²) in [6.45, 7) is 2.15. The van der Waals surface area contributed by atoms with Gasteiger partial charge in [-0.05, 0) is 30.0 Å². The molecule has 0 spiro atoms. The summed E-state index contributed by atoms with van der Waals surface area (Å²) in [4.78, 5) is 2.38. The quantitative estimate of drug-likeness (QED) is 0.891. The minimum Gasteiger partial charge on any atom is -0.349 e. The van der Waals surface area contributed by atoms with Crippen LogP contribution in [0, 0.1) is 0 Å². The second kappa shape index (κ2) is 4.03. The first kappa shape index (κ1) is 10.5. The Balaban J connectivity index is 1.60. The van der Waals surface area contributed by atoms with Gasteiger partial charge < -0.3 is 10.2 Å². The molecule has 5 heteroatoms. The number of nitrogens with zero attached hydrogens (tertiary/aromatic N) is 3. The summed E-state index contributed by atoms with van der Waals surface area (Å²) in [5.74, 6) is 1.02. The summed E-state index contributed by atoms with van der Waals surface area (Å²) in [6.07, 6.45) is 1.24. The molecule has 2 aromatic rings. The molecule has 1 N–H and O–H groups in total. The molecule has 92 valence electrons. The second-order valence-corrected chi connectivity index (χ2v) is 5.72. The third kappa shape index (κ3) is 1.62. The van der Waals surface area contributed by atoms with E-state index in [9.17, 15) is 0 Å². The lowest BCUT2D eigenvalue weighted by atomic mass is 10.2. The van der Waals surface area contributed by atoms with E-state index in [1.54, 1.807) is 11.3 Å². The Morgan fingerprint density at radius 1 is 1.28 bits per heavy atom. The Kier molecular flexibility index (Phi) is 2.34. The number of anilines is 1. The van der Waals surface area contributed by atoms with Gasteiger partial charge in [0.15, 0.2) is 5.82 Å². The fourth-order valence-electron chi connectivity index (χ4n) is 2.88. The Morgan fingerprint density at radius 2 is 2.28 bits per heavy atom. The van der Waals surface area contributed by atoms with Gasteiger partial charge in [0.25, 0.3) is 0 Å². The first-order valence-electron chi connectivity index (χ1n) is 6.26. The molecule has 2 atom stereocenters. The maximum atomic E-state index is 4.39. The fourth-order valence-corrected chi connectivity index (χ4v) is 3.53. The summed E-state index contributed by atoms with van der Waals surface area (Å²) in [5.41, 5.74) is 2.12. The standard InChI is InChI=1S/C13H14N4S/c1-2-13(17-7-10-5-11(17)6-14-10)16-15-12(1)9-3-4-18-8-9/h1-4,8,10-11,14H,5-7H2/t10-,11-/m0/s1. The van der Waals surface area contributed by atoms with E-state index < -0.39 is 0 Å². The van der Waals surface area contributed by atoms with E-state index in [0.29, 0.717) is 12.1 Å². The van der Waals surface area contributed by atoms with Crippen LogP contribution in [0.25, 0.3) is 11.3 Å². The van der Waals surface area contributed by atoms with Crippen molar-refractivity contribution in [2.45, 2.75) is 18.5 Å². The van der Waals surface area contributed by atoms with Crippen LogP contribution in [0.2, 0.25) is 0 Å². The maximum absolute atomic E-state index is 4.39. The monoisotopic (exact) mass is 258 g/mol. The topological polar surface area (TPSA) is 41.0 Å². The lowest BCUT2D eigenvalue weighted by Gasteiger charge is -2.27. The number of thiophene rings is 1. The Morgan fingerprint density at radius 3 is 2.89 bits per heavy atom. The van der Waals surface area contributed by atoms with Gasteiger partial charge in [-0.25, -0.2) is 0 Å². The van der Waals surface area contributed by atoms with Crippen molar-refractivity contribution in [2.75, 3.05) is 18.0 Å². The smallest absolute Gasteiger partial charge is 0.151 e. The van der Waals surface area contributed by atoms with E-state index in [4.69, 9.17) is 0 Å². The van der Waals surface area contributed by atoms with Crippen molar-refractivity contribution in [1.82, 2.24) is 15.5 Å². The van der Waals surface area contributed by atoms with Gasteiger partial charge in [-0.3, -0.25) is 0 Å². The van der Waals surface area contributed by atoms with E-state index in [2.05, 4.69) is 49.4 Å². The highest BCUT2D eigenvalue weighted by Gasteiger charge is 2.38. The van der Waals surface area contributed by atoms with Crippen LogP contribution < -0.4 is 10.2 Å². The van der Waals surface area contributed by atoms with Gasteiger partial charge in [-0.1, -0.05) is 0 Å². The molecule has 18 heavy (non-hydrogen) atoms. The van der Waals surface area contributed by atoms with E-state index in [0.717, 1.165) is 30.2 Å². The van der Waals surface area contributed by atoms with Crippen molar-refractivity contribution in [3.63, 3.8) is 0 Å². The molecular weight excluding hydrogens is 244 g/mol. The van der Waals surface area contributed by atoms with Crippen LogP contribution in [0.1, 0.15) is 6.42 Å². The Hall–Kier alpha value is -1.46. The van der Waals surface area contributed by atoms with Gasteiger partial charge in [-0.15, -0.1) is 10.2 Å². The molecule has 2 aliphatic rings. The minimum absolute atomic E-state index is 0.608. The minimum atomic E-state index is 0.608. The summed E-state index contributed by atoms with van der Waals surface area (Å²) >= 11 is 1.69. The average molecular weight is 258 g/mol. The number of rotatable bonds is 2. The Bertz CT molecular complexity index is 537. The fraction of sp³-hybridized carbons (Fsp3) is 0.385. The van der Waals surface area contributed by atoms with Crippen molar-refractivity contribution in [2.24, 2.45) is 0 Å². The third-order valence-electron chi connectivity index (χ3n) is 3.82. The number of hydrogen-bond donors (Lipinski definition) is 1. The molecule has 2 aliphatic heterocycles. The molecule has 2 bridgehead atoms. The SMILES string of the molecule is c1cc(-c2ccc(N3C[C@@H]4C[C@H]3CN4)nn2)cs1. The van der Waals surface area contributed by atoms with Gasteiger partial charge >= 0.3 is 0 Å². The summed E-state index contributed by atoms with van der Waals surface area (Å²) in [7, 11) is 0. The highest BCUT2D eigenvalue weighted by Crippen LogP contribution is 2.28. The second-order valence-electron chi connectivity index (χ2n) is 4.94. The van der Waals surface area contributed by atoms with Crippen LogP contribution in [0.15, 0.2) is 29.0 Å². The molecule has 4 nitrogen and oxygen atoms in total. The van der Waals surface area contributed by atoms with Crippen molar-refractivity contribution in [3.8, 4) is 11.3 Å². The molecule has 2 aromatic heterocycles. The van der Waals surface area contributed by atoms with Crippen LogP contribution in [-0.2, 0) is 0 Å². The van der Waals surface area contributed by atoms with Gasteiger partial charge in [-0.2, -0.15) is 11.3 Å². The molecule has 2 fully saturated rings. The molecule has 2 saturated heterocycles. The van der Waals surface area contributed by atoms with E-state index >= 15 is 0 Å². The zero-order chi connectivity index (χ0) is 11.9. The predicted molar refractivity (Wildman–Crippen MR) is 72.9 cm³/mol. The number of hydrogen-bond acceptors (Lipinski definition) is 5. The van der Waals surface area contributed by atoms with Crippen LogP contribution in [-0.4, -0.2) is 35.4 Å². The third-order valence-corrected chi connectivity index (χ3v) is 4.50. The summed E-state index contributed by atoms with van der Waals surface area (Å²) < 4.78 is 0. The molecule has 0 unspecified atom stereocenters. The number of nitrogens with one attached hydrogen (secondary N) is 1.